The zero-order valence-electron chi connectivity index (χ0n) is 12.2. The summed E-state index contributed by atoms with van der Waals surface area (Å²) in [6, 6.07) is 4.79. The van der Waals surface area contributed by atoms with Gasteiger partial charge < -0.3 is 25.7 Å². The molecule has 0 fully saturated rings. The van der Waals surface area contributed by atoms with Crippen LogP contribution in [-0.2, 0) is 13.0 Å². The zero-order chi connectivity index (χ0) is 17.1. The minimum Gasteiger partial charge on any atom is -0.545 e. The first-order valence-corrected chi connectivity index (χ1v) is 6.62. The minimum absolute atomic E-state index is 0.0485. The second-order valence-electron chi connectivity index (χ2n) is 4.95. The van der Waals surface area contributed by atoms with E-state index in [0.717, 1.165) is 5.56 Å². The lowest BCUT2D eigenvalue weighted by molar-refractivity contribution is -0.390. The number of hydrogen-bond donors (Lipinski definition) is 1. The molecule has 0 spiro atoms. The Morgan fingerprint density at radius 1 is 1.35 bits per heavy atom. The summed E-state index contributed by atoms with van der Waals surface area (Å²) in [4.78, 5) is 32.3. The number of carboxylic acid groups (broad SMARTS) is 1. The van der Waals surface area contributed by atoms with Gasteiger partial charge in [-0.05, 0) is 23.8 Å². The summed E-state index contributed by atoms with van der Waals surface area (Å²) in [5.74, 6) is -2.87. The molecular formula is C14H13N4O5-. The SMILES string of the molecule is Cc1ccc(C(=O)[O-])c(CCn2cc(C(N)=O)c([N+](=O)[O-])n2)c1. The molecule has 0 radical (unpaired) electrons. The molecule has 1 heterocycles. The van der Waals surface area contributed by atoms with Crippen LogP contribution in [0.4, 0.5) is 5.82 Å². The molecule has 23 heavy (non-hydrogen) atoms. The number of rotatable bonds is 6. The van der Waals surface area contributed by atoms with Gasteiger partial charge in [0, 0.05) is 5.56 Å². The van der Waals surface area contributed by atoms with Crippen molar-refractivity contribution in [1.29, 1.82) is 0 Å². The number of nitro groups is 1. The van der Waals surface area contributed by atoms with Crippen molar-refractivity contribution in [1.82, 2.24) is 9.78 Å². The fourth-order valence-electron chi connectivity index (χ4n) is 2.20. The fraction of sp³-hybridized carbons (Fsp3) is 0.214. The standard InChI is InChI=1S/C14H14N4O5/c1-8-2-3-10(14(20)21)9(6-8)4-5-17-7-11(12(15)19)13(16-17)18(22)23/h2-3,6-7H,4-5H2,1H3,(H2,15,19)(H,20,21)/p-1. The molecule has 0 unspecified atom stereocenters. The maximum Gasteiger partial charge on any atom is 0.402 e. The Balaban J connectivity index is 2.27. The third kappa shape index (κ3) is 3.51. The lowest BCUT2D eigenvalue weighted by atomic mass is 10.0. The first kappa shape index (κ1) is 16.1. The fourth-order valence-corrected chi connectivity index (χ4v) is 2.20. The number of benzene rings is 1. The Morgan fingerprint density at radius 2 is 2.04 bits per heavy atom. The average molecular weight is 317 g/mol. The van der Waals surface area contributed by atoms with E-state index >= 15 is 0 Å². The van der Waals surface area contributed by atoms with Gasteiger partial charge in [-0.1, -0.05) is 23.8 Å². The first-order chi connectivity index (χ1) is 10.8. The number of carboxylic acids is 1. The second kappa shape index (κ2) is 6.26. The van der Waals surface area contributed by atoms with Gasteiger partial charge in [0.05, 0.1) is 23.8 Å². The number of hydrogen-bond acceptors (Lipinski definition) is 6. The Hall–Kier alpha value is -3.23. The monoisotopic (exact) mass is 317 g/mol. The minimum atomic E-state index is -1.30. The van der Waals surface area contributed by atoms with Crippen LogP contribution >= 0.6 is 0 Å². The number of aromatic nitrogens is 2. The summed E-state index contributed by atoms with van der Waals surface area (Å²) in [5.41, 5.74) is 6.22. The lowest BCUT2D eigenvalue weighted by Gasteiger charge is -2.10. The summed E-state index contributed by atoms with van der Waals surface area (Å²) >= 11 is 0. The number of nitrogens with zero attached hydrogens (tertiary/aromatic N) is 3. The van der Waals surface area contributed by atoms with Gasteiger partial charge in [-0.2, -0.15) is 4.68 Å². The van der Waals surface area contributed by atoms with Gasteiger partial charge in [0.15, 0.2) is 5.56 Å². The molecule has 2 N–H and O–H groups in total. The lowest BCUT2D eigenvalue weighted by Crippen LogP contribution is -2.24. The summed E-state index contributed by atoms with van der Waals surface area (Å²) < 4.78 is 1.19. The molecule has 2 aromatic rings. The van der Waals surface area contributed by atoms with Crippen molar-refractivity contribution in [2.24, 2.45) is 5.73 Å². The predicted octanol–water partition coefficient (Wildman–Crippen LogP) is -0.195. The Kier molecular flexibility index (Phi) is 4.39. The molecule has 120 valence electrons. The quantitative estimate of drug-likeness (QED) is 0.577. The van der Waals surface area contributed by atoms with Crippen molar-refractivity contribution in [3.8, 4) is 0 Å². The maximum absolute atomic E-state index is 11.2. The molecule has 9 nitrogen and oxygen atoms in total. The van der Waals surface area contributed by atoms with E-state index in [9.17, 15) is 24.8 Å². The highest BCUT2D eigenvalue weighted by Crippen LogP contribution is 2.17. The Morgan fingerprint density at radius 3 is 2.57 bits per heavy atom. The van der Waals surface area contributed by atoms with Crippen LogP contribution < -0.4 is 10.8 Å². The molecule has 0 aliphatic rings. The first-order valence-electron chi connectivity index (χ1n) is 6.62. The highest BCUT2D eigenvalue weighted by Gasteiger charge is 2.24. The van der Waals surface area contributed by atoms with Gasteiger partial charge in [-0.25, -0.2) is 0 Å². The smallest absolute Gasteiger partial charge is 0.402 e. The zero-order valence-corrected chi connectivity index (χ0v) is 12.2. The third-order valence-corrected chi connectivity index (χ3v) is 3.27. The van der Waals surface area contributed by atoms with Crippen molar-refractivity contribution in [2.75, 3.05) is 0 Å². The van der Waals surface area contributed by atoms with Gasteiger partial charge in [0.2, 0.25) is 0 Å². The number of nitrogens with two attached hydrogens (primary N) is 1. The second-order valence-corrected chi connectivity index (χ2v) is 4.95. The van der Waals surface area contributed by atoms with Crippen LogP contribution in [-0.4, -0.2) is 26.6 Å². The third-order valence-electron chi connectivity index (χ3n) is 3.27. The van der Waals surface area contributed by atoms with Gasteiger partial charge in [-0.3, -0.25) is 4.79 Å². The van der Waals surface area contributed by atoms with E-state index < -0.39 is 22.6 Å². The van der Waals surface area contributed by atoms with E-state index in [1.807, 2.05) is 6.92 Å². The number of aromatic carboxylic acids is 1. The molecule has 1 aromatic heterocycles. The van der Waals surface area contributed by atoms with Gasteiger partial charge in [0.1, 0.15) is 0 Å². The van der Waals surface area contributed by atoms with Crippen LogP contribution in [0.1, 0.15) is 31.8 Å². The van der Waals surface area contributed by atoms with Crippen LogP contribution in [0.2, 0.25) is 0 Å². The molecule has 0 saturated carbocycles. The molecular weight excluding hydrogens is 304 g/mol. The number of primary amides is 1. The van der Waals surface area contributed by atoms with Crippen molar-refractivity contribution in [2.45, 2.75) is 19.9 Å². The van der Waals surface area contributed by atoms with E-state index in [-0.39, 0.29) is 24.1 Å². The van der Waals surface area contributed by atoms with Gasteiger partial charge >= 0.3 is 5.82 Å². The van der Waals surface area contributed by atoms with E-state index in [0.29, 0.717) is 5.56 Å². The summed E-state index contributed by atoms with van der Waals surface area (Å²) in [6.07, 6.45) is 1.43. The molecule has 0 saturated heterocycles. The van der Waals surface area contributed by atoms with E-state index in [1.54, 1.807) is 12.1 Å². The normalized spacial score (nSPS) is 10.5. The van der Waals surface area contributed by atoms with Crippen LogP contribution in [0.3, 0.4) is 0 Å². The number of amides is 1. The molecule has 0 aliphatic heterocycles. The van der Waals surface area contributed by atoms with Crippen LogP contribution in [0, 0.1) is 17.0 Å². The molecule has 9 heteroatoms. The van der Waals surface area contributed by atoms with Crippen LogP contribution in [0.25, 0.3) is 0 Å². The number of carbonyl (C=O) groups excluding carboxylic acids is 2. The molecule has 0 bridgehead atoms. The molecule has 1 amide bonds. The Bertz CT molecular complexity index is 765. The van der Waals surface area contributed by atoms with Gasteiger partial charge in [0.25, 0.3) is 5.91 Å². The largest absolute Gasteiger partial charge is 0.545 e. The van der Waals surface area contributed by atoms with Crippen LogP contribution in [0.5, 0.6) is 0 Å². The van der Waals surface area contributed by atoms with Crippen molar-refractivity contribution >= 4 is 17.7 Å². The van der Waals surface area contributed by atoms with Crippen molar-refractivity contribution in [3.05, 3.63) is 56.8 Å². The average Bonchev–Trinajstić information content (AvgIpc) is 2.89. The summed E-state index contributed by atoms with van der Waals surface area (Å²) in [7, 11) is 0. The highest BCUT2D eigenvalue weighted by molar-refractivity contribution is 5.95. The van der Waals surface area contributed by atoms with Gasteiger partial charge in [-0.15, -0.1) is 0 Å². The van der Waals surface area contributed by atoms with E-state index in [1.165, 1.54) is 16.9 Å². The molecule has 0 aliphatic carbocycles. The van der Waals surface area contributed by atoms with Crippen molar-refractivity contribution < 1.29 is 19.6 Å². The predicted molar refractivity (Wildman–Crippen MR) is 76.6 cm³/mol. The van der Waals surface area contributed by atoms with E-state index in [2.05, 4.69) is 5.10 Å². The van der Waals surface area contributed by atoms with Crippen molar-refractivity contribution in [3.63, 3.8) is 0 Å². The molecule has 1 aromatic carbocycles. The number of carbonyl (C=O) groups is 2. The highest BCUT2D eigenvalue weighted by atomic mass is 16.6. The summed E-state index contributed by atoms with van der Waals surface area (Å²) in [5, 5.41) is 25.6. The Labute approximate surface area is 130 Å². The topological polar surface area (TPSA) is 144 Å². The number of aryl methyl sites for hydroxylation is 3. The van der Waals surface area contributed by atoms with E-state index in [4.69, 9.17) is 5.73 Å². The molecule has 2 rings (SSSR count). The van der Waals surface area contributed by atoms with Crippen LogP contribution in [0.15, 0.2) is 24.4 Å². The maximum atomic E-state index is 11.2. The molecule has 0 atom stereocenters. The summed E-state index contributed by atoms with van der Waals surface area (Å²) in [6.45, 7) is 1.96.